The van der Waals surface area contributed by atoms with E-state index in [4.69, 9.17) is 9.47 Å². The van der Waals surface area contributed by atoms with Gasteiger partial charge in [-0.3, -0.25) is 9.69 Å². The second-order valence-electron chi connectivity index (χ2n) is 6.06. The molecular formula is C17H23F3N2O3. The van der Waals surface area contributed by atoms with Gasteiger partial charge in [0.1, 0.15) is 5.75 Å². The summed E-state index contributed by atoms with van der Waals surface area (Å²) >= 11 is 0. The van der Waals surface area contributed by atoms with Gasteiger partial charge in [-0.25, -0.2) is 0 Å². The van der Waals surface area contributed by atoms with Crippen LogP contribution in [0.1, 0.15) is 18.4 Å². The van der Waals surface area contributed by atoms with Gasteiger partial charge in [-0.15, -0.1) is 0 Å². The summed E-state index contributed by atoms with van der Waals surface area (Å²) < 4.78 is 49.4. The van der Waals surface area contributed by atoms with E-state index in [9.17, 15) is 18.0 Å². The van der Waals surface area contributed by atoms with Gasteiger partial charge in [-0.2, -0.15) is 13.2 Å². The molecule has 1 saturated heterocycles. The largest absolute Gasteiger partial charge is 0.496 e. The number of para-hydroxylation sites is 1. The maximum Gasteiger partial charge on any atom is 0.417 e. The summed E-state index contributed by atoms with van der Waals surface area (Å²) in [4.78, 5) is 13.8. The molecule has 1 aromatic carbocycles. The van der Waals surface area contributed by atoms with Gasteiger partial charge in [0.2, 0.25) is 5.91 Å². The first-order valence-electron chi connectivity index (χ1n) is 8.04. The first kappa shape index (κ1) is 19.5. The molecule has 0 unspecified atom stereocenters. The summed E-state index contributed by atoms with van der Waals surface area (Å²) in [6, 6.07) is 7.32. The SMILES string of the molecule is COc1ccccc1CNC(=O)CN1CCC(OC)(C(F)(F)F)CC1. The molecule has 0 spiro atoms. The number of rotatable bonds is 6. The fourth-order valence-electron chi connectivity index (χ4n) is 2.98. The van der Waals surface area contributed by atoms with Gasteiger partial charge in [0, 0.05) is 32.3 Å². The predicted molar refractivity (Wildman–Crippen MR) is 86.3 cm³/mol. The van der Waals surface area contributed by atoms with E-state index >= 15 is 0 Å². The molecule has 1 aromatic rings. The minimum atomic E-state index is -4.40. The van der Waals surface area contributed by atoms with Gasteiger partial charge in [-0.1, -0.05) is 18.2 Å². The number of amides is 1. The molecule has 1 N–H and O–H groups in total. The van der Waals surface area contributed by atoms with Crippen LogP contribution < -0.4 is 10.1 Å². The highest BCUT2D eigenvalue weighted by atomic mass is 19.4. The number of carbonyl (C=O) groups is 1. The first-order chi connectivity index (χ1) is 11.8. The van der Waals surface area contributed by atoms with Crippen molar-refractivity contribution >= 4 is 5.91 Å². The summed E-state index contributed by atoms with van der Waals surface area (Å²) in [6.07, 6.45) is -4.75. The molecule has 0 radical (unpaired) electrons. The Kier molecular flexibility index (Phi) is 6.29. The molecule has 2 rings (SSSR count). The molecule has 0 aliphatic carbocycles. The number of piperidine rings is 1. The zero-order valence-electron chi connectivity index (χ0n) is 14.4. The standard InChI is InChI=1S/C17H23F3N2O3/c1-24-14-6-4-3-5-13(14)11-21-15(23)12-22-9-7-16(25-2,8-10-22)17(18,19)20/h3-6H,7-12H2,1-2H3,(H,21,23). The lowest BCUT2D eigenvalue weighted by atomic mass is 9.90. The van der Waals surface area contributed by atoms with Crippen molar-refractivity contribution in [1.29, 1.82) is 0 Å². The van der Waals surface area contributed by atoms with Gasteiger partial charge < -0.3 is 14.8 Å². The number of nitrogens with one attached hydrogen (secondary N) is 1. The quantitative estimate of drug-likeness (QED) is 0.846. The number of halogens is 3. The Balaban J connectivity index is 1.83. The molecule has 1 heterocycles. The fraction of sp³-hybridized carbons (Fsp3) is 0.588. The Morgan fingerprint density at radius 1 is 1.24 bits per heavy atom. The van der Waals surface area contributed by atoms with Gasteiger partial charge in [0.05, 0.1) is 13.7 Å². The molecule has 5 nitrogen and oxygen atoms in total. The van der Waals surface area contributed by atoms with Crippen LogP contribution in [0.2, 0.25) is 0 Å². The lowest BCUT2D eigenvalue weighted by molar-refractivity contribution is -0.282. The third-order valence-corrected chi connectivity index (χ3v) is 4.61. The molecule has 1 amide bonds. The van der Waals surface area contributed by atoms with Crippen LogP contribution in [-0.2, 0) is 16.1 Å². The number of hydrogen-bond donors (Lipinski definition) is 1. The normalized spacial score (nSPS) is 18.0. The molecule has 140 valence electrons. The highest BCUT2D eigenvalue weighted by Crippen LogP contribution is 2.40. The number of nitrogens with zero attached hydrogens (tertiary/aromatic N) is 1. The van der Waals surface area contributed by atoms with Crippen molar-refractivity contribution in [2.45, 2.75) is 31.2 Å². The zero-order chi connectivity index (χ0) is 18.5. The Bertz CT molecular complexity index is 585. The number of alkyl halides is 3. The van der Waals surface area contributed by atoms with Crippen LogP contribution >= 0.6 is 0 Å². The van der Waals surface area contributed by atoms with E-state index in [-0.39, 0.29) is 38.4 Å². The minimum absolute atomic E-state index is 0.0623. The first-order valence-corrected chi connectivity index (χ1v) is 8.04. The Labute approximate surface area is 145 Å². The minimum Gasteiger partial charge on any atom is -0.496 e. The molecule has 0 saturated carbocycles. The summed E-state index contributed by atoms with van der Waals surface area (Å²) in [6.45, 7) is 0.693. The zero-order valence-corrected chi connectivity index (χ0v) is 14.4. The maximum atomic E-state index is 13.1. The number of hydrogen-bond acceptors (Lipinski definition) is 4. The smallest absolute Gasteiger partial charge is 0.417 e. The Hall–Kier alpha value is -1.80. The van der Waals surface area contributed by atoms with Crippen molar-refractivity contribution in [3.8, 4) is 5.75 Å². The molecule has 0 bridgehead atoms. The van der Waals surface area contributed by atoms with Gasteiger partial charge >= 0.3 is 6.18 Å². The summed E-state index contributed by atoms with van der Waals surface area (Å²) in [7, 11) is 2.64. The van der Waals surface area contributed by atoms with E-state index in [0.717, 1.165) is 12.7 Å². The van der Waals surface area contributed by atoms with Crippen LogP contribution in [0, 0.1) is 0 Å². The second-order valence-corrected chi connectivity index (χ2v) is 6.06. The average Bonchev–Trinajstić information content (AvgIpc) is 2.60. The van der Waals surface area contributed by atoms with E-state index in [0.29, 0.717) is 12.3 Å². The van der Waals surface area contributed by atoms with Gasteiger partial charge in [-0.05, 0) is 18.9 Å². The van der Waals surface area contributed by atoms with Crippen LogP contribution in [0.3, 0.4) is 0 Å². The Morgan fingerprint density at radius 2 is 1.88 bits per heavy atom. The topological polar surface area (TPSA) is 50.8 Å². The highest BCUT2D eigenvalue weighted by molar-refractivity contribution is 5.78. The van der Waals surface area contributed by atoms with E-state index in [1.54, 1.807) is 18.1 Å². The Morgan fingerprint density at radius 3 is 2.44 bits per heavy atom. The van der Waals surface area contributed by atoms with Crippen molar-refractivity contribution in [2.75, 3.05) is 33.9 Å². The van der Waals surface area contributed by atoms with Crippen molar-refractivity contribution in [2.24, 2.45) is 0 Å². The molecule has 1 aliphatic heterocycles. The lowest BCUT2D eigenvalue weighted by Gasteiger charge is -2.41. The third kappa shape index (κ3) is 4.64. The number of methoxy groups -OCH3 is 2. The number of likely N-dealkylation sites (tertiary alicyclic amines) is 1. The molecule has 25 heavy (non-hydrogen) atoms. The molecular weight excluding hydrogens is 337 g/mol. The summed E-state index contributed by atoms with van der Waals surface area (Å²) in [5.74, 6) is 0.443. The number of benzene rings is 1. The molecule has 1 aliphatic rings. The number of ether oxygens (including phenoxy) is 2. The second kappa shape index (κ2) is 8.05. The van der Waals surface area contributed by atoms with E-state index in [1.165, 1.54) is 0 Å². The maximum absolute atomic E-state index is 13.1. The van der Waals surface area contributed by atoms with Gasteiger partial charge in [0.15, 0.2) is 5.60 Å². The van der Waals surface area contributed by atoms with Crippen molar-refractivity contribution in [1.82, 2.24) is 10.2 Å². The van der Waals surface area contributed by atoms with E-state index in [2.05, 4.69) is 5.32 Å². The predicted octanol–water partition coefficient (Wildman–Crippen LogP) is 2.35. The molecule has 1 fully saturated rings. The van der Waals surface area contributed by atoms with E-state index in [1.807, 2.05) is 18.2 Å². The van der Waals surface area contributed by atoms with Crippen molar-refractivity contribution < 1.29 is 27.4 Å². The van der Waals surface area contributed by atoms with Crippen molar-refractivity contribution in [3.05, 3.63) is 29.8 Å². The molecule has 8 heteroatoms. The third-order valence-electron chi connectivity index (χ3n) is 4.61. The van der Waals surface area contributed by atoms with Crippen LogP contribution in [-0.4, -0.2) is 56.4 Å². The fourth-order valence-corrected chi connectivity index (χ4v) is 2.98. The van der Waals surface area contributed by atoms with Crippen LogP contribution in [0.5, 0.6) is 5.75 Å². The molecule has 0 atom stereocenters. The van der Waals surface area contributed by atoms with E-state index < -0.39 is 11.8 Å². The van der Waals surface area contributed by atoms with Crippen LogP contribution in [0.25, 0.3) is 0 Å². The van der Waals surface area contributed by atoms with Crippen molar-refractivity contribution in [3.63, 3.8) is 0 Å². The van der Waals surface area contributed by atoms with Gasteiger partial charge in [0.25, 0.3) is 0 Å². The summed E-state index contributed by atoms with van der Waals surface area (Å²) in [5.41, 5.74) is -1.26. The average molecular weight is 360 g/mol. The lowest BCUT2D eigenvalue weighted by Crippen LogP contribution is -2.55. The van der Waals surface area contributed by atoms with Crippen LogP contribution in [0.4, 0.5) is 13.2 Å². The summed E-state index contributed by atoms with van der Waals surface area (Å²) in [5, 5.41) is 2.77. The number of carbonyl (C=O) groups excluding carboxylic acids is 1. The highest BCUT2D eigenvalue weighted by Gasteiger charge is 2.56. The monoisotopic (exact) mass is 360 g/mol. The van der Waals surface area contributed by atoms with Crippen LogP contribution in [0.15, 0.2) is 24.3 Å². The molecule has 0 aromatic heterocycles.